The number of benzene rings is 2. The summed E-state index contributed by atoms with van der Waals surface area (Å²) >= 11 is 0. The number of aromatic amines is 1. The Labute approximate surface area is 184 Å². The number of aryl methyl sites for hydroxylation is 2. The van der Waals surface area contributed by atoms with Gasteiger partial charge in [-0.25, -0.2) is 0 Å². The van der Waals surface area contributed by atoms with E-state index in [1.54, 1.807) is 0 Å². The van der Waals surface area contributed by atoms with E-state index in [0.29, 0.717) is 0 Å². The highest BCUT2D eigenvalue weighted by atomic mass is 16.1. The molecule has 5 nitrogen and oxygen atoms in total. The molecule has 1 aliphatic heterocycles. The van der Waals surface area contributed by atoms with Crippen LogP contribution in [-0.2, 0) is 12.8 Å². The standard InChI is InChI=1S/C26H32N4O/c31-26(20-11-12-25-23(19-20)22-9-4-5-10-24(22)28-25)27-13-6-14-29-15-17-30(18-16-29)21-7-2-1-3-8-21/h1-3,7-8,11-12,19,28H,4-6,9-10,13-18H2,(H,27,31). The smallest absolute Gasteiger partial charge is 0.251 e. The molecule has 3 aromatic rings. The third-order valence-corrected chi connectivity index (χ3v) is 6.79. The predicted octanol–water partition coefficient (Wildman–Crippen LogP) is 3.99. The average Bonchev–Trinajstić information content (AvgIpc) is 3.20. The normalized spacial score (nSPS) is 17.0. The molecule has 5 rings (SSSR count). The Bertz CT molecular complexity index is 1030. The van der Waals surface area contributed by atoms with Crippen molar-refractivity contribution in [3.63, 3.8) is 0 Å². The summed E-state index contributed by atoms with van der Waals surface area (Å²) in [4.78, 5) is 21.2. The van der Waals surface area contributed by atoms with E-state index in [4.69, 9.17) is 0 Å². The number of hydrogen-bond acceptors (Lipinski definition) is 3. The number of H-pyrrole nitrogens is 1. The largest absolute Gasteiger partial charge is 0.369 e. The second-order valence-electron chi connectivity index (χ2n) is 8.82. The van der Waals surface area contributed by atoms with Crippen LogP contribution in [0.2, 0.25) is 0 Å². The SMILES string of the molecule is O=C(NCCCN1CCN(c2ccccc2)CC1)c1ccc2[nH]c3c(c2c1)CCCC3. The van der Waals surface area contributed by atoms with E-state index in [2.05, 4.69) is 62.6 Å². The van der Waals surface area contributed by atoms with E-state index in [0.717, 1.165) is 69.6 Å². The molecule has 1 fully saturated rings. The predicted molar refractivity (Wildman–Crippen MR) is 127 cm³/mol. The van der Waals surface area contributed by atoms with Gasteiger partial charge < -0.3 is 15.2 Å². The van der Waals surface area contributed by atoms with Crippen LogP contribution >= 0.6 is 0 Å². The molecule has 0 saturated carbocycles. The summed E-state index contributed by atoms with van der Waals surface area (Å²) in [6.07, 6.45) is 5.74. The van der Waals surface area contributed by atoms with Crippen LogP contribution in [0.15, 0.2) is 48.5 Å². The quantitative estimate of drug-likeness (QED) is 0.598. The minimum absolute atomic E-state index is 0.0431. The summed E-state index contributed by atoms with van der Waals surface area (Å²) in [7, 11) is 0. The number of fused-ring (bicyclic) bond motifs is 3. The highest BCUT2D eigenvalue weighted by Crippen LogP contribution is 2.29. The van der Waals surface area contributed by atoms with Crippen LogP contribution in [0.3, 0.4) is 0 Å². The molecule has 0 radical (unpaired) electrons. The number of aromatic nitrogens is 1. The molecule has 31 heavy (non-hydrogen) atoms. The fourth-order valence-electron chi connectivity index (χ4n) is 5.02. The van der Waals surface area contributed by atoms with Gasteiger partial charge in [-0.15, -0.1) is 0 Å². The first kappa shape index (κ1) is 20.1. The van der Waals surface area contributed by atoms with Crippen molar-refractivity contribution in [1.29, 1.82) is 0 Å². The number of piperazine rings is 1. The van der Waals surface area contributed by atoms with Gasteiger partial charge in [-0.1, -0.05) is 18.2 Å². The van der Waals surface area contributed by atoms with E-state index in [-0.39, 0.29) is 5.91 Å². The summed E-state index contributed by atoms with van der Waals surface area (Å²) < 4.78 is 0. The van der Waals surface area contributed by atoms with Gasteiger partial charge in [0.05, 0.1) is 0 Å². The van der Waals surface area contributed by atoms with Gasteiger partial charge in [-0.05, 0) is 74.5 Å². The van der Waals surface area contributed by atoms with Crippen LogP contribution in [0.4, 0.5) is 5.69 Å². The Kier molecular flexibility index (Phi) is 5.94. The Morgan fingerprint density at radius 1 is 0.968 bits per heavy atom. The number of rotatable bonds is 6. The average molecular weight is 417 g/mol. The third-order valence-electron chi connectivity index (χ3n) is 6.79. The molecule has 1 aromatic heterocycles. The van der Waals surface area contributed by atoms with Crippen LogP contribution in [-0.4, -0.2) is 55.1 Å². The van der Waals surface area contributed by atoms with E-state index in [1.165, 1.54) is 35.2 Å². The van der Waals surface area contributed by atoms with Crippen molar-refractivity contribution in [1.82, 2.24) is 15.2 Å². The maximum atomic E-state index is 12.7. The molecular weight excluding hydrogens is 384 g/mol. The lowest BCUT2D eigenvalue weighted by molar-refractivity contribution is 0.0951. The lowest BCUT2D eigenvalue weighted by Crippen LogP contribution is -2.47. The molecule has 0 spiro atoms. The minimum atomic E-state index is 0.0431. The van der Waals surface area contributed by atoms with Crippen molar-refractivity contribution in [2.75, 3.05) is 44.2 Å². The van der Waals surface area contributed by atoms with Crippen LogP contribution in [0, 0.1) is 0 Å². The Balaban J connectivity index is 1.08. The van der Waals surface area contributed by atoms with Crippen LogP contribution in [0.1, 0.15) is 40.9 Å². The highest BCUT2D eigenvalue weighted by Gasteiger charge is 2.18. The molecule has 1 saturated heterocycles. The molecule has 0 unspecified atom stereocenters. The Morgan fingerprint density at radius 2 is 1.77 bits per heavy atom. The summed E-state index contributed by atoms with van der Waals surface area (Å²) in [5.41, 5.74) is 6.04. The van der Waals surface area contributed by atoms with Gasteiger partial charge in [0.2, 0.25) is 0 Å². The molecule has 2 heterocycles. The number of nitrogens with one attached hydrogen (secondary N) is 2. The zero-order chi connectivity index (χ0) is 21.0. The topological polar surface area (TPSA) is 51.4 Å². The van der Waals surface area contributed by atoms with Gasteiger partial charge in [0.25, 0.3) is 5.91 Å². The van der Waals surface area contributed by atoms with Crippen LogP contribution in [0.25, 0.3) is 10.9 Å². The van der Waals surface area contributed by atoms with Crippen molar-refractivity contribution in [2.24, 2.45) is 0 Å². The second-order valence-corrected chi connectivity index (χ2v) is 8.82. The van der Waals surface area contributed by atoms with E-state index >= 15 is 0 Å². The van der Waals surface area contributed by atoms with Gasteiger partial charge in [0.15, 0.2) is 0 Å². The monoisotopic (exact) mass is 416 g/mol. The lowest BCUT2D eigenvalue weighted by atomic mass is 9.95. The van der Waals surface area contributed by atoms with Gasteiger partial charge in [-0.3, -0.25) is 9.69 Å². The maximum absolute atomic E-state index is 12.7. The molecule has 2 N–H and O–H groups in total. The first-order chi connectivity index (χ1) is 15.3. The van der Waals surface area contributed by atoms with Crippen LogP contribution in [0.5, 0.6) is 0 Å². The van der Waals surface area contributed by atoms with Crippen molar-refractivity contribution in [3.8, 4) is 0 Å². The number of carbonyl (C=O) groups is 1. The summed E-state index contributed by atoms with van der Waals surface area (Å²) in [6.45, 7) is 6.05. The summed E-state index contributed by atoms with van der Waals surface area (Å²) in [5.74, 6) is 0.0431. The number of hydrogen-bond donors (Lipinski definition) is 2. The van der Waals surface area contributed by atoms with Crippen molar-refractivity contribution in [2.45, 2.75) is 32.1 Å². The van der Waals surface area contributed by atoms with Crippen molar-refractivity contribution >= 4 is 22.5 Å². The van der Waals surface area contributed by atoms with Crippen LogP contribution < -0.4 is 10.2 Å². The first-order valence-corrected chi connectivity index (χ1v) is 11.7. The first-order valence-electron chi connectivity index (χ1n) is 11.7. The van der Waals surface area contributed by atoms with Gasteiger partial charge in [0.1, 0.15) is 0 Å². The van der Waals surface area contributed by atoms with Gasteiger partial charge in [-0.2, -0.15) is 0 Å². The maximum Gasteiger partial charge on any atom is 0.251 e. The number of anilines is 1. The molecule has 0 atom stereocenters. The van der Waals surface area contributed by atoms with E-state index in [1.807, 2.05) is 6.07 Å². The number of amides is 1. The summed E-state index contributed by atoms with van der Waals surface area (Å²) in [6, 6.07) is 16.7. The Hall–Kier alpha value is -2.79. The third kappa shape index (κ3) is 4.47. The molecule has 162 valence electrons. The summed E-state index contributed by atoms with van der Waals surface area (Å²) in [5, 5.41) is 4.36. The molecule has 1 aliphatic carbocycles. The molecule has 2 aromatic carbocycles. The van der Waals surface area contributed by atoms with Crippen molar-refractivity contribution in [3.05, 3.63) is 65.4 Å². The molecule has 2 aliphatic rings. The zero-order valence-electron chi connectivity index (χ0n) is 18.2. The highest BCUT2D eigenvalue weighted by molar-refractivity contribution is 5.99. The van der Waals surface area contributed by atoms with Gasteiger partial charge >= 0.3 is 0 Å². The number of carbonyl (C=O) groups excluding carboxylic acids is 1. The Morgan fingerprint density at radius 3 is 2.61 bits per heavy atom. The van der Waals surface area contributed by atoms with Gasteiger partial charge in [0, 0.05) is 60.6 Å². The zero-order valence-corrected chi connectivity index (χ0v) is 18.2. The number of para-hydroxylation sites is 1. The molecule has 5 heteroatoms. The minimum Gasteiger partial charge on any atom is -0.369 e. The molecular formula is C26H32N4O. The van der Waals surface area contributed by atoms with Crippen molar-refractivity contribution < 1.29 is 4.79 Å². The number of nitrogens with zero attached hydrogens (tertiary/aromatic N) is 2. The molecule has 1 amide bonds. The fourth-order valence-corrected chi connectivity index (χ4v) is 5.02. The van der Waals surface area contributed by atoms with E-state index < -0.39 is 0 Å². The van der Waals surface area contributed by atoms with E-state index in [9.17, 15) is 4.79 Å². The molecule has 0 bridgehead atoms. The second kappa shape index (κ2) is 9.15. The fraction of sp³-hybridized carbons (Fsp3) is 0.423. The lowest BCUT2D eigenvalue weighted by Gasteiger charge is -2.36.